The van der Waals surface area contributed by atoms with Crippen LogP contribution in [-0.2, 0) is 0 Å². The summed E-state index contributed by atoms with van der Waals surface area (Å²) in [7, 11) is 0. The monoisotopic (exact) mass is 153 g/mol. The van der Waals surface area contributed by atoms with Crippen molar-refractivity contribution < 1.29 is 0 Å². The summed E-state index contributed by atoms with van der Waals surface area (Å²) in [4.78, 5) is 0. The van der Waals surface area contributed by atoms with Crippen LogP contribution in [0.15, 0.2) is 12.3 Å². The van der Waals surface area contributed by atoms with Crippen LogP contribution in [-0.4, -0.2) is 16.3 Å². The Labute approximate surface area is 67.2 Å². The van der Waals surface area contributed by atoms with Gasteiger partial charge in [0.25, 0.3) is 0 Å². The van der Waals surface area contributed by atoms with Gasteiger partial charge in [0, 0.05) is 11.9 Å². The summed E-state index contributed by atoms with van der Waals surface area (Å²) in [5.41, 5.74) is 6.64. The van der Waals surface area contributed by atoms with Crippen molar-refractivity contribution in [2.24, 2.45) is 5.73 Å². The van der Waals surface area contributed by atoms with Gasteiger partial charge in [-0.05, 0) is 32.9 Å². The Bertz CT molecular complexity index is 217. The topological polar surface area (TPSA) is 43.8 Å². The Hall–Kier alpha value is -0.830. The van der Waals surface area contributed by atoms with E-state index >= 15 is 0 Å². The molecule has 0 aromatic carbocycles. The van der Waals surface area contributed by atoms with Crippen LogP contribution in [0.1, 0.15) is 25.1 Å². The van der Waals surface area contributed by atoms with E-state index in [2.05, 4.69) is 18.9 Å². The van der Waals surface area contributed by atoms with Crippen molar-refractivity contribution in [1.82, 2.24) is 9.78 Å². The molecule has 3 nitrogen and oxygen atoms in total. The standard InChI is InChI=1S/C8H15N3/c1-7(3-5-9)11-8(2)4-6-10-11/h4,6-7H,3,5,9H2,1-2H3. The molecule has 0 aliphatic heterocycles. The minimum absolute atomic E-state index is 0.426. The van der Waals surface area contributed by atoms with Gasteiger partial charge in [-0.1, -0.05) is 0 Å². The molecule has 0 saturated heterocycles. The highest BCUT2D eigenvalue weighted by molar-refractivity contribution is 4.97. The predicted molar refractivity (Wildman–Crippen MR) is 45.3 cm³/mol. The van der Waals surface area contributed by atoms with Crippen LogP contribution >= 0.6 is 0 Å². The van der Waals surface area contributed by atoms with Gasteiger partial charge in [0.1, 0.15) is 0 Å². The van der Waals surface area contributed by atoms with E-state index in [1.165, 1.54) is 5.69 Å². The lowest BCUT2D eigenvalue weighted by molar-refractivity contribution is 0.456. The van der Waals surface area contributed by atoms with Crippen LogP contribution in [0.5, 0.6) is 0 Å². The molecule has 0 aliphatic carbocycles. The molecule has 1 aromatic rings. The predicted octanol–water partition coefficient (Wildman–Crippen LogP) is 1.10. The van der Waals surface area contributed by atoms with E-state index in [4.69, 9.17) is 5.73 Å². The number of rotatable bonds is 3. The number of hydrogen-bond acceptors (Lipinski definition) is 2. The highest BCUT2D eigenvalue weighted by Crippen LogP contribution is 2.10. The largest absolute Gasteiger partial charge is 0.330 e. The van der Waals surface area contributed by atoms with E-state index in [-0.39, 0.29) is 0 Å². The molecule has 2 N–H and O–H groups in total. The minimum atomic E-state index is 0.426. The molecule has 0 aliphatic rings. The average molecular weight is 153 g/mol. The Morgan fingerprint density at radius 1 is 1.73 bits per heavy atom. The first kappa shape index (κ1) is 8.27. The molecule has 62 valence electrons. The number of aromatic nitrogens is 2. The molecular weight excluding hydrogens is 138 g/mol. The van der Waals surface area contributed by atoms with Gasteiger partial charge in [-0.15, -0.1) is 0 Å². The van der Waals surface area contributed by atoms with Crippen molar-refractivity contribution in [2.75, 3.05) is 6.54 Å². The van der Waals surface area contributed by atoms with Gasteiger partial charge in [-0.3, -0.25) is 4.68 Å². The highest BCUT2D eigenvalue weighted by Gasteiger charge is 2.04. The molecule has 1 atom stereocenters. The molecule has 0 bridgehead atoms. The number of aryl methyl sites for hydroxylation is 1. The second-order valence-corrected chi connectivity index (χ2v) is 2.84. The zero-order chi connectivity index (χ0) is 8.27. The lowest BCUT2D eigenvalue weighted by atomic mass is 10.2. The number of hydrogen-bond donors (Lipinski definition) is 1. The quantitative estimate of drug-likeness (QED) is 0.706. The summed E-state index contributed by atoms with van der Waals surface area (Å²) in [6.07, 6.45) is 2.81. The smallest absolute Gasteiger partial charge is 0.0506 e. The third kappa shape index (κ3) is 1.80. The molecule has 1 unspecified atom stereocenters. The molecule has 1 rings (SSSR count). The normalized spacial score (nSPS) is 13.4. The molecule has 0 fully saturated rings. The van der Waals surface area contributed by atoms with E-state index in [1.807, 2.05) is 16.9 Å². The lowest BCUT2D eigenvalue weighted by Crippen LogP contribution is -2.13. The summed E-state index contributed by atoms with van der Waals surface area (Å²) in [5.74, 6) is 0. The van der Waals surface area contributed by atoms with Gasteiger partial charge in [0.2, 0.25) is 0 Å². The number of nitrogens with two attached hydrogens (primary N) is 1. The summed E-state index contributed by atoms with van der Waals surface area (Å²) in [6, 6.07) is 2.43. The molecule has 0 spiro atoms. The first-order chi connectivity index (χ1) is 5.25. The molecule has 1 aromatic heterocycles. The second kappa shape index (κ2) is 3.53. The van der Waals surface area contributed by atoms with Crippen molar-refractivity contribution in [2.45, 2.75) is 26.3 Å². The van der Waals surface area contributed by atoms with E-state index in [0.717, 1.165) is 13.0 Å². The highest BCUT2D eigenvalue weighted by atomic mass is 15.3. The molecule has 0 amide bonds. The zero-order valence-electron chi connectivity index (χ0n) is 7.12. The van der Waals surface area contributed by atoms with Crippen molar-refractivity contribution in [3.63, 3.8) is 0 Å². The first-order valence-corrected chi connectivity index (χ1v) is 3.96. The maximum atomic E-state index is 5.44. The molecule has 0 saturated carbocycles. The van der Waals surface area contributed by atoms with Crippen LogP contribution in [0.4, 0.5) is 0 Å². The van der Waals surface area contributed by atoms with Gasteiger partial charge < -0.3 is 5.73 Å². The van der Waals surface area contributed by atoms with Crippen molar-refractivity contribution in [3.05, 3.63) is 18.0 Å². The van der Waals surface area contributed by atoms with E-state index in [9.17, 15) is 0 Å². The van der Waals surface area contributed by atoms with Gasteiger partial charge >= 0.3 is 0 Å². The maximum absolute atomic E-state index is 5.44. The van der Waals surface area contributed by atoms with Crippen molar-refractivity contribution in [3.8, 4) is 0 Å². The second-order valence-electron chi connectivity index (χ2n) is 2.84. The van der Waals surface area contributed by atoms with Gasteiger partial charge in [0.15, 0.2) is 0 Å². The lowest BCUT2D eigenvalue weighted by Gasteiger charge is -2.12. The molecule has 0 radical (unpaired) electrons. The molecule has 3 heteroatoms. The van der Waals surface area contributed by atoms with Crippen LogP contribution in [0.25, 0.3) is 0 Å². The summed E-state index contributed by atoms with van der Waals surface area (Å²) in [6.45, 7) is 4.91. The van der Waals surface area contributed by atoms with Crippen LogP contribution in [0.3, 0.4) is 0 Å². The Morgan fingerprint density at radius 2 is 2.45 bits per heavy atom. The SMILES string of the molecule is Cc1ccnn1C(C)CCN. The van der Waals surface area contributed by atoms with Gasteiger partial charge in [-0.2, -0.15) is 5.10 Å². The van der Waals surface area contributed by atoms with E-state index < -0.39 is 0 Å². The van der Waals surface area contributed by atoms with Gasteiger partial charge in [0.05, 0.1) is 6.04 Å². The van der Waals surface area contributed by atoms with Crippen molar-refractivity contribution >= 4 is 0 Å². The van der Waals surface area contributed by atoms with Crippen LogP contribution in [0, 0.1) is 6.92 Å². The van der Waals surface area contributed by atoms with Crippen LogP contribution < -0.4 is 5.73 Å². The molecule has 1 heterocycles. The minimum Gasteiger partial charge on any atom is -0.330 e. The van der Waals surface area contributed by atoms with Gasteiger partial charge in [-0.25, -0.2) is 0 Å². The third-order valence-electron chi connectivity index (χ3n) is 1.87. The summed E-state index contributed by atoms with van der Waals surface area (Å²) < 4.78 is 2.01. The summed E-state index contributed by atoms with van der Waals surface area (Å²) >= 11 is 0. The first-order valence-electron chi connectivity index (χ1n) is 3.96. The average Bonchev–Trinajstić information content (AvgIpc) is 2.36. The number of nitrogens with zero attached hydrogens (tertiary/aromatic N) is 2. The maximum Gasteiger partial charge on any atom is 0.0506 e. The van der Waals surface area contributed by atoms with Crippen LogP contribution in [0.2, 0.25) is 0 Å². The third-order valence-corrected chi connectivity index (χ3v) is 1.87. The fourth-order valence-corrected chi connectivity index (χ4v) is 1.21. The van der Waals surface area contributed by atoms with Crippen molar-refractivity contribution in [1.29, 1.82) is 0 Å². The van der Waals surface area contributed by atoms with E-state index in [1.54, 1.807) is 0 Å². The molecular formula is C8H15N3. The van der Waals surface area contributed by atoms with E-state index in [0.29, 0.717) is 6.04 Å². The zero-order valence-corrected chi connectivity index (χ0v) is 7.12. The Balaban J connectivity index is 2.67. The fourth-order valence-electron chi connectivity index (χ4n) is 1.21. The summed E-state index contributed by atoms with van der Waals surface area (Å²) in [5, 5.41) is 4.20. The Kier molecular flexibility index (Phi) is 2.65. The molecule has 11 heavy (non-hydrogen) atoms. The Morgan fingerprint density at radius 3 is 2.91 bits per heavy atom. The fraction of sp³-hybridized carbons (Fsp3) is 0.625.